The zero-order valence-corrected chi connectivity index (χ0v) is 14.4. The number of carbonyl (C=O) groups excluding carboxylic acids is 1. The minimum Gasteiger partial charge on any atom is -0.481 e. The molecule has 1 aliphatic rings. The lowest BCUT2D eigenvalue weighted by molar-refractivity contribution is -0.137. The van der Waals surface area contributed by atoms with E-state index in [0.29, 0.717) is 5.92 Å². The normalized spacial score (nSPS) is 17.2. The van der Waals surface area contributed by atoms with Crippen LogP contribution in [0.1, 0.15) is 63.5 Å². The van der Waals surface area contributed by atoms with Crippen molar-refractivity contribution in [3.63, 3.8) is 0 Å². The molecular formula is C19H29NO2. The maximum atomic E-state index is 12.6. The summed E-state index contributed by atoms with van der Waals surface area (Å²) in [7, 11) is 0. The van der Waals surface area contributed by atoms with Crippen LogP contribution in [-0.4, -0.2) is 30.0 Å². The number of ether oxygens (including phenoxy) is 1. The molecule has 2 rings (SSSR count). The largest absolute Gasteiger partial charge is 0.481 e. The van der Waals surface area contributed by atoms with Crippen molar-refractivity contribution in [3.05, 3.63) is 29.3 Å². The number of benzene rings is 1. The Hall–Kier alpha value is -1.51. The van der Waals surface area contributed by atoms with Crippen LogP contribution in [0.2, 0.25) is 0 Å². The maximum Gasteiger partial charge on any atom is 0.263 e. The van der Waals surface area contributed by atoms with Gasteiger partial charge in [0.05, 0.1) is 0 Å². The Morgan fingerprint density at radius 2 is 1.73 bits per heavy atom. The fourth-order valence-electron chi connectivity index (χ4n) is 3.01. The van der Waals surface area contributed by atoms with Crippen LogP contribution in [0.5, 0.6) is 5.75 Å². The number of hydrogen-bond acceptors (Lipinski definition) is 2. The molecule has 0 saturated carbocycles. The van der Waals surface area contributed by atoms with Crippen LogP contribution in [0.25, 0.3) is 0 Å². The average Bonchev–Trinajstić information content (AvgIpc) is 2.75. The van der Waals surface area contributed by atoms with Crippen molar-refractivity contribution in [1.29, 1.82) is 0 Å². The summed E-state index contributed by atoms with van der Waals surface area (Å²) in [6, 6.07) is 6.25. The predicted molar refractivity (Wildman–Crippen MR) is 90.4 cm³/mol. The Labute approximate surface area is 134 Å². The zero-order chi connectivity index (χ0) is 16.1. The molecule has 1 unspecified atom stereocenters. The van der Waals surface area contributed by atoms with Crippen molar-refractivity contribution in [2.75, 3.05) is 13.1 Å². The molecule has 0 N–H and O–H groups in total. The summed E-state index contributed by atoms with van der Waals surface area (Å²) in [5.41, 5.74) is 2.33. The van der Waals surface area contributed by atoms with Gasteiger partial charge in [0.25, 0.3) is 5.91 Å². The van der Waals surface area contributed by atoms with Gasteiger partial charge in [-0.3, -0.25) is 4.79 Å². The van der Waals surface area contributed by atoms with Crippen molar-refractivity contribution in [2.24, 2.45) is 0 Å². The number of amides is 1. The van der Waals surface area contributed by atoms with Crippen LogP contribution >= 0.6 is 0 Å². The first-order valence-corrected chi connectivity index (χ1v) is 8.55. The molecule has 0 aromatic heterocycles. The molecular weight excluding hydrogens is 274 g/mol. The van der Waals surface area contributed by atoms with E-state index in [9.17, 15) is 4.79 Å². The van der Waals surface area contributed by atoms with Gasteiger partial charge in [-0.15, -0.1) is 0 Å². The number of hydrogen-bond donors (Lipinski definition) is 0. The van der Waals surface area contributed by atoms with Gasteiger partial charge in [0.15, 0.2) is 6.10 Å². The molecule has 22 heavy (non-hydrogen) atoms. The molecule has 3 heteroatoms. The minimum absolute atomic E-state index is 0.123. The molecule has 1 saturated heterocycles. The number of likely N-dealkylation sites (tertiary alicyclic amines) is 1. The van der Waals surface area contributed by atoms with Crippen LogP contribution < -0.4 is 4.74 Å². The van der Waals surface area contributed by atoms with Gasteiger partial charge in [0.1, 0.15) is 5.75 Å². The molecule has 1 fully saturated rings. The highest BCUT2D eigenvalue weighted by atomic mass is 16.5. The Morgan fingerprint density at radius 1 is 1.09 bits per heavy atom. The molecule has 1 amide bonds. The number of nitrogens with zero attached hydrogens (tertiary/aromatic N) is 1. The van der Waals surface area contributed by atoms with Crippen molar-refractivity contribution in [1.82, 2.24) is 4.90 Å². The van der Waals surface area contributed by atoms with Crippen molar-refractivity contribution >= 4 is 5.91 Å². The third kappa shape index (κ3) is 4.25. The Kier molecular flexibility index (Phi) is 5.87. The first kappa shape index (κ1) is 16.9. The van der Waals surface area contributed by atoms with E-state index >= 15 is 0 Å². The number of aryl methyl sites for hydroxylation is 1. The number of carbonyl (C=O) groups is 1. The van der Waals surface area contributed by atoms with E-state index in [1.807, 2.05) is 17.9 Å². The Morgan fingerprint density at radius 3 is 2.32 bits per heavy atom. The summed E-state index contributed by atoms with van der Waals surface area (Å²) in [6.45, 7) is 9.98. The highest BCUT2D eigenvalue weighted by Crippen LogP contribution is 2.28. The fourth-order valence-corrected chi connectivity index (χ4v) is 3.01. The molecule has 0 aliphatic carbocycles. The SMILES string of the molecule is Cc1ccc(C(C)C)c(OC(C)C(=O)N2CCCCCC2)c1. The van der Waals surface area contributed by atoms with Crippen LogP contribution in [0, 0.1) is 6.92 Å². The standard InChI is InChI=1S/C19H29NO2/c1-14(2)17-10-9-15(3)13-18(17)22-16(4)19(21)20-11-7-5-6-8-12-20/h9-10,13-14,16H,5-8,11-12H2,1-4H3. The van der Waals surface area contributed by atoms with Gasteiger partial charge < -0.3 is 9.64 Å². The lowest BCUT2D eigenvalue weighted by atomic mass is 10.0. The van der Waals surface area contributed by atoms with Crippen LogP contribution in [0.3, 0.4) is 0 Å². The summed E-state index contributed by atoms with van der Waals surface area (Å²) in [4.78, 5) is 14.6. The molecule has 1 aliphatic heterocycles. The van der Waals surface area contributed by atoms with E-state index in [1.165, 1.54) is 18.4 Å². The molecule has 3 nitrogen and oxygen atoms in total. The summed E-state index contributed by atoms with van der Waals surface area (Å²) in [5.74, 6) is 1.36. The van der Waals surface area contributed by atoms with E-state index in [4.69, 9.17) is 4.74 Å². The Bertz CT molecular complexity index is 502. The summed E-state index contributed by atoms with van der Waals surface area (Å²) < 4.78 is 6.05. The van der Waals surface area contributed by atoms with Crippen LogP contribution in [0.4, 0.5) is 0 Å². The summed E-state index contributed by atoms with van der Waals surface area (Å²) in [6.07, 6.45) is 4.26. The highest BCUT2D eigenvalue weighted by molar-refractivity contribution is 5.81. The second-order valence-electron chi connectivity index (χ2n) is 6.70. The monoisotopic (exact) mass is 303 g/mol. The van der Waals surface area contributed by atoms with Crippen molar-refractivity contribution in [2.45, 2.75) is 65.4 Å². The first-order chi connectivity index (χ1) is 10.5. The van der Waals surface area contributed by atoms with Gasteiger partial charge in [-0.2, -0.15) is 0 Å². The van der Waals surface area contributed by atoms with Gasteiger partial charge >= 0.3 is 0 Å². The molecule has 1 heterocycles. The van der Waals surface area contributed by atoms with E-state index in [-0.39, 0.29) is 5.91 Å². The van der Waals surface area contributed by atoms with E-state index in [0.717, 1.165) is 37.2 Å². The van der Waals surface area contributed by atoms with Gasteiger partial charge in [-0.25, -0.2) is 0 Å². The molecule has 122 valence electrons. The molecule has 0 spiro atoms. The average molecular weight is 303 g/mol. The second-order valence-corrected chi connectivity index (χ2v) is 6.70. The zero-order valence-electron chi connectivity index (χ0n) is 14.4. The molecule has 1 aromatic rings. The van der Waals surface area contributed by atoms with Gasteiger partial charge in [0, 0.05) is 13.1 Å². The van der Waals surface area contributed by atoms with Gasteiger partial charge in [-0.1, -0.05) is 38.8 Å². The molecule has 0 radical (unpaired) electrons. The smallest absolute Gasteiger partial charge is 0.263 e. The predicted octanol–water partition coefficient (Wildman–Crippen LogP) is 4.29. The van der Waals surface area contributed by atoms with E-state index in [1.54, 1.807) is 0 Å². The minimum atomic E-state index is -0.419. The van der Waals surface area contributed by atoms with Crippen LogP contribution in [0.15, 0.2) is 18.2 Å². The van der Waals surface area contributed by atoms with Crippen molar-refractivity contribution < 1.29 is 9.53 Å². The van der Waals surface area contributed by atoms with Gasteiger partial charge in [-0.05, 0) is 49.8 Å². The third-order valence-corrected chi connectivity index (χ3v) is 4.36. The van der Waals surface area contributed by atoms with Gasteiger partial charge in [0.2, 0.25) is 0 Å². The van der Waals surface area contributed by atoms with Crippen LogP contribution in [-0.2, 0) is 4.79 Å². The second kappa shape index (κ2) is 7.66. The molecule has 1 atom stereocenters. The lowest BCUT2D eigenvalue weighted by Gasteiger charge is -2.25. The van der Waals surface area contributed by atoms with Crippen molar-refractivity contribution in [3.8, 4) is 5.75 Å². The molecule has 0 bridgehead atoms. The third-order valence-electron chi connectivity index (χ3n) is 4.36. The molecule has 1 aromatic carbocycles. The number of rotatable bonds is 4. The fraction of sp³-hybridized carbons (Fsp3) is 0.632. The quantitative estimate of drug-likeness (QED) is 0.830. The highest BCUT2D eigenvalue weighted by Gasteiger charge is 2.23. The first-order valence-electron chi connectivity index (χ1n) is 8.55. The Balaban J connectivity index is 2.09. The summed E-state index contributed by atoms with van der Waals surface area (Å²) >= 11 is 0. The lowest BCUT2D eigenvalue weighted by Crippen LogP contribution is -2.41. The van der Waals surface area contributed by atoms with E-state index < -0.39 is 6.10 Å². The maximum absolute atomic E-state index is 12.6. The summed E-state index contributed by atoms with van der Waals surface area (Å²) in [5, 5.41) is 0. The topological polar surface area (TPSA) is 29.5 Å². The van der Waals surface area contributed by atoms with E-state index in [2.05, 4.69) is 32.9 Å².